The van der Waals surface area contributed by atoms with E-state index in [2.05, 4.69) is 11.8 Å². The smallest absolute Gasteiger partial charge is 0.744 e. The Hall–Kier alpha value is -7.57. The SMILES string of the molecule is C#Cc1ccc(C)cc1Oc1ccc(Oc2ccc(S(=O)(=O)c3ccc(Oc4ccc(OC)cc4)cc3)cc2)c(S(=O)(=O)[O-])c1.C#Cc1ccc(F)cc1F.O=S(=O)([O-])c1cc(O)ccc1O.O=S(=O)(c1ccc(F)cc1)c1ccc(F)cc1.Oc1ccc(O)cc1.[K+].[K+]. The Morgan fingerprint density at radius 2 is 0.755 bits per heavy atom. The first kappa shape index (κ1) is 78.9. The first-order valence-corrected chi connectivity index (χ1v) is 31.6. The fraction of sp³-hybridized carbons (Fsp3) is 0.0303. The van der Waals surface area contributed by atoms with Gasteiger partial charge in [-0.1, -0.05) is 17.9 Å². The van der Waals surface area contributed by atoms with Gasteiger partial charge in [0.25, 0.3) is 0 Å². The van der Waals surface area contributed by atoms with Crippen LogP contribution < -0.4 is 122 Å². The molecule has 0 aliphatic rings. The molecule has 10 aromatic rings. The van der Waals surface area contributed by atoms with Gasteiger partial charge in [-0.15, -0.1) is 12.8 Å². The quantitative estimate of drug-likeness (QED) is 0.0227. The number of methoxy groups -OCH3 is 1. The summed E-state index contributed by atoms with van der Waals surface area (Å²) in [7, 11) is -15.8. The summed E-state index contributed by atoms with van der Waals surface area (Å²) in [5, 5.41) is 35.0. The molecule has 0 unspecified atom stereocenters. The second kappa shape index (κ2) is 35.8. The minimum atomic E-state index is -4.99. The Morgan fingerprint density at radius 3 is 1.17 bits per heavy atom. The number of rotatable bonds is 13. The third-order valence-electron chi connectivity index (χ3n) is 11.9. The van der Waals surface area contributed by atoms with Gasteiger partial charge in [-0.05, 0) is 207 Å². The molecule has 0 aromatic heterocycles. The Bertz CT molecular complexity index is 4700. The molecule has 0 spiro atoms. The van der Waals surface area contributed by atoms with Gasteiger partial charge in [-0.3, -0.25) is 0 Å². The van der Waals surface area contributed by atoms with Crippen LogP contribution in [-0.4, -0.2) is 70.3 Å². The van der Waals surface area contributed by atoms with Crippen molar-refractivity contribution in [2.45, 2.75) is 36.3 Å². The number of hydrogen-bond donors (Lipinski definition) is 4. The predicted octanol–water partition coefficient (Wildman–Crippen LogP) is 6.95. The Morgan fingerprint density at radius 1 is 0.383 bits per heavy atom. The van der Waals surface area contributed by atoms with E-state index in [1.165, 1.54) is 103 Å². The molecule has 0 heterocycles. The van der Waals surface area contributed by atoms with Crippen LogP contribution in [0.3, 0.4) is 0 Å². The zero-order valence-corrected chi connectivity index (χ0v) is 59.1. The zero-order valence-electron chi connectivity index (χ0n) is 49.6. The molecule has 0 aliphatic carbocycles. The zero-order chi connectivity index (χ0) is 67.6. The standard InChI is InChI=1S/C34H26O9S2.C12H8F2O2S.C8H4F2.C6H6O5S.C6H6O2.2K/c1-4-24-6-5-23(2)21-33(24)43-29-15-20-32(34(22-29)45(37,38)39)42-28-13-18-31(19-14-28)44(35,36)30-16-11-27(12-17-30)41-26-9-7-25(40-3)8-10-26;13-9-1-5-11(6-2-9)17(15,16)12-7-3-10(14)4-8-12;1-2-6-3-4-7(9)5-8(6)10;7-4-1-2-5(8)6(3-4)12(9,10)11;7-5-1-2-6(8)4-3-5;;/h1,5-22H,2-3H3,(H,37,38,39);1-8H;1,3-5H;1-3,7-8H,(H,9,10,11);1-4,7-8H;;/q;;;;;2*+1/p-2. The van der Waals surface area contributed by atoms with E-state index in [4.69, 9.17) is 52.2 Å². The number of sulfone groups is 2. The molecule has 0 atom stereocenters. The van der Waals surface area contributed by atoms with Gasteiger partial charge < -0.3 is 48.5 Å². The average molecular weight is 1410 g/mol. The van der Waals surface area contributed by atoms with E-state index in [0.717, 1.165) is 60.2 Å². The largest absolute Gasteiger partial charge is 1.00 e. The van der Waals surface area contributed by atoms with Crippen LogP contribution in [-0.2, 0) is 39.9 Å². The van der Waals surface area contributed by atoms with E-state index < -0.39 is 78.7 Å². The van der Waals surface area contributed by atoms with Crippen LogP contribution >= 0.6 is 0 Å². The van der Waals surface area contributed by atoms with Gasteiger partial charge in [0.2, 0.25) is 19.7 Å². The molecule has 0 bridgehead atoms. The van der Waals surface area contributed by atoms with Gasteiger partial charge >= 0.3 is 103 Å². The monoisotopic (exact) mass is 1410 g/mol. The van der Waals surface area contributed by atoms with Crippen molar-refractivity contribution < 1.29 is 202 Å². The molecule has 28 heteroatoms. The molecule has 4 N–H and O–H groups in total. The topological polar surface area (TPSA) is 301 Å². The van der Waals surface area contributed by atoms with E-state index in [-0.39, 0.29) is 162 Å². The van der Waals surface area contributed by atoms with Crippen molar-refractivity contribution in [3.63, 3.8) is 0 Å². The summed E-state index contributed by atoms with van der Waals surface area (Å²) in [5.41, 5.74) is 1.39. The number of benzene rings is 10. The van der Waals surface area contributed by atoms with E-state index in [1.54, 1.807) is 61.7 Å². The fourth-order valence-corrected chi connectivity index (χ4v) is 11.1. The summed E-state index contributed by atoms with van der Waals surface area (Å²) in [6.45, 7) is 1.84. The van der Waals surface area contributed by atoms with Crippen LogP contribution in [0.1, 0.15) is 16.7 Å². The van der Waals surface area contributed by atoms with Crippen molar-refractivity contribution in [2.24, 2.45) is 0 Å². The average Bonchev–Trinajstić information content (AvgIpc) is 0.820. The van der Waals surface area contributed by atoms with Crippen LogP contribution in [0.15, 0.2) is 248 Å². The van der Waals surface area contributed by atoms with Crippen molar-refractivity contribution in [1.29, 1.82) is 0 Å². The summed E-state index contributed by atoms with van der Waals surface area (Å²) < 4.78 is 190. The molecule has 0 aliphatic heterocycles. The van der Waals surface area contributed by atoms with Gasteiger partial charge in [0.15, 0.2) is 0 Å². The van der Waals surface area contributed by atoms with Crippen molar-refractivity contribution in [2.75, 3.05) is 7.11 Å². The van der Waals surface area contributed by atoms with Crippen LogP contribution in [0.2, 0.25) is 0 Å². The first-order valence-electron chi connectivity index (χ1n) is 25.8. The molecule has 0 amide bonds. The molecule has 0 saturated heterocycles. The Kier molecular flexibility index (Phi) is 30.0. The second-order valence-corrected chi connectivity index (χ2v) is 25.0. The van der Waals surface area contributed by atoms with Gasteiger partial charge in [0.05, 0.1) is 42.7 Å². The van der Waals surface area contributed by atoms with Gasteiger partial charge in [-0.2, -0.15) is 0 Å². The fourth-order valence-electron chi connectivity index (χ4n) is 7.33. The maximum absolute atomic E-state index is 13.2. The van der Waals surface area contributed by atoms with Crippen LogP contribution in [0.4, 0.5) is 17.6 Å². The number of terminal acetylenes is 2. The normalized spacial score (nSPS) is 10.7. The Balaban J connectivity index is 0.000000309. The summed E-state index contributed by atoms with van der Waals surface area (Å²) in [6.07, 6.45) is 10.4. The summed E-state index contributed by atoms with van der Waals surface area (Å²) in [6, 6.07) is 47.6. The first-order chi connectivity index (χ1) is 43.4. The number of halogens is 4. The van der Waals surface area contributed by atoms with Crippen LogP contribution in [0.25, 0.3) is 0 Å². The number of ether oxygens (including phenoxy) is 4. The van der Waals surface area contributed by atoms with Gasteiger partial charge in [0, 0.05) is 18.2 Å². The molecule has 0 fully saturated rings. The summed E-state index contributed by atoms with van der Waals surface area (Å²) in [4.78, 5) is -1.51. The van der Waals surface area contributed by atoms with E-state index in [0.29, 0.717) is 34.6 Å². The van der Waals surface area contributed by atoms with E-state index in [9.17, 15) is 60.3 Å². The molecule has 0 radical (unpaired) electrons. The number of phenolic OH excluding ortho intramolecular Hbond substituents is 4. The van der Waals surface area contributed by atoms with Gasteiger partial charge in [0.1, 0.15) is 112 Å². The number of aromatic hydroxyl groups is 4. The summed E-state index contributed by atoms with van der Waals surface area (Å²) in [5.74, 6) is 3.42. The van der Waals surface area contributed by atoms with E-state index in [1.807, 2.05) is 6.92 Å². The van der Waals surface area contributed by atoms with Crippen molar-refractivity contribution in [3.05, 3.63) is 258 Å². The third-order valence-corrected chi connectivity index (χ3v) is 17.2. The minimum Gasteiger partial charge on any atom is -0.744 e. The van der Waals surface area contributed by atoms with Gasteiger partial charge in [-0.25, -0.2) is 51.2 Å². The molecule has 10 rings (SSSR count). The number of phenols is 4. The van der Waals surface area contributed by atoms with Crippen LogP contribution in [0.5, 0.6) is 63.2 Å². The number of hydrogen-bond acceptors (Lipinski definition) is 18. The molecule has 10 aromatic carbocycles. The maximum atomic E-state index is 13.2. The molecule has 94 heavy (non-hydrogen) atoms. The third kappa shape index (κ3) is 23.4. The minimum absolute atomic E-state index is 0. The van der Waals surface area contributed by atoms with E-state index >= 15 is 0 Å². The van der Waals surface area contributed by atoms with Crippen LogP contribution in [0, 0.1) is 54.9 Å². The predicted molar refractivity (Wildman–Crippen MR) is 325 cm³/mol. The van der Waals surface area contributed by atoms with Crippen molar-refractivity contribution in [1.82, 2.24) is 0 Å². The molecule has 18 nitrogen and oxygen atoms in total. The summed E-state index contributed by atoms with van der Waals surface area (Å²) >= 11 is 0. The van der Waals surface area contributed by atoms with Crippen molar-refractivity contribution >= 4 is 39.9 Å². The number of aryl methyl sites for hydroxylation is 1. The maximum Gasteiger partial charge on any atom is 1.00 e. The second-order valence-electron chi connectivity index (χ2n) is 18.4. The molecule has 0 saturated carbocycles. The Labute approximate surface area is 624 Å². The molecule has 474 valence electrons. The molecular formula is C66H48F4K2O18S4. The van der Waals surface area contributed by atoms with Crippen molar-refractivity contribution in [3.8, 4) is 87.9 Å². The molecular weight excluding hydrogens is 1360 g/mol.